The number of hydrogen-bond acceptors (Lipinski definition) is 6. The molecule has 1 fully saturated rings. The molecule has 0 bridgehead atoms. The molecule has 0 aromatic heterocycles. The van der Waals surface area contributed by atoms with E-state index in [1.54, 1.807) is 23.9 Å². The number of halogens is 1. The van der Waals surface area contributed by atoms with Gasteiger partial charge in [-0.3, -0.25) is 0 Å². The maximum atomic E-state index is 12.5. The van der Waals surface area contributed by atoms with Crippen LogP contribution in [0.1, 0.15) is 22.1 Å². The fourth-order valence-electron chi connectivity index (χ4n) is 2.61. The first kappa shape index (κ1) is 20.4. The average molecular weight is 520 g/mol. The molecule has 1 saturated heterocycles. The van der Waals surface area contributed by atoms with Crippen molar-refractivity contribution in [3.63, 3.8) is 0 Å². The van der Waals surface area contributed by atoms with Crippen molar-refractivity contribution in [3.05, 3.63) is 57.2 Å². The van der Waals surface area contributed by atoms with E-state index in [0.29, 0.717) is 18.0 Å². The minimum absolute atomic E-state index is 0.0479. The van der Waals surface area contributed by atoms with Gasteiger partial charge in [-0.15, -0.1) is 11.8 Å². The molecule has 0 spiro atoms. The summed E-state index contributed by atoms with van der Waals surface area (Å²) >= 11 is 3.58. The smallest absolute Gasteiger partial charge is 0.337 e. The monoisotopic (exact) mass is 520 g/mol. The second-order valence-electron chi connectivity index (χ2n) is 5.83. The highest BCUT2D eigenvalue weighted by Crippen LogP contribution is 2.26. The van der Waals surface area contributed by atoms with Crippen molar-refractivity contribution in [2.24, 2.45) is 0 Å². The zero-order valence-electron chi connectivity index (χ0n) is 14.0. The quantitative estimate of drug-likeness (QED) is 0.397. The minimum atomic E-state index is -3.53. The molecule has 7 nitrogen and oxygen atoms in total. The molecule has 0 saturated carbocycles. The van der Waals surface area contributed by atoms with Crippen LogP contribution in [0.15, 0.2) is 47.4 Å². The Labute approximate surface area is 175 Å². The number of aliphatic hydroxyl groups is 1. The van der Waals surface area contributed by atoms with Crippen LogP contribution in [0.25, 0.3) is 0 Å². The van der Waals surface area contributed by atoms with E-state index in [4.69, 9.17) is 0 Å². The molecule has 1 aliphatic rings. The molecule has 10 heteroatoms. The van der Waals surface area contributed by atoms with Crippen molar-refractivity contribution in [3.8, 4) is 0 Å². The summed E-state index contributed by atoms with van der Waals surface area (Å²) in [7, 11) is -3.53. The van der Waals surface area contributed by atoms with Crippen molar-refractivity contribution >= 4 is 56.0 Å². The number of rotatable bonds is 6. The van der Waals surface area contributed by atoms with E-state index < -0.39 is 22.2 Å². The van der Waals surface area contributed by atoms with Gasteiger partial charge in [-0.1, -0.05) is 12.1 Å². The summed E-state index contributed by atoms with van der Waals surface area (Å²) < 4.78 is 27.2. The van der Waals surface area contributed by atoms with Crippen LogP contribution in [-0.4, -0.2) is 47.1 Å². The molecule has 0 aliphatic carbocycles. The van der Waals surface area contributed by atoms with Crippen molar-refractivity contribution in [2.75, 3.05) is 23.5 Å². The summed E-state index contributed by atoms with van der Waals surface area (Å²) in [4.78, 5) is 11.5. The van der Waals surface area contributed by atoms with Crippen molar-refractivity contribution < 1.29 is 23.4 Å². The number of carbonyl (C=O) groups is 1. The second-order valence-corrected chi connectivity index (χ2v) is 10.1. The molecule has 0 amide bonds. The molecule has 1 unspecified atom stereocenters. The summed E-state index contributed by atoms with van der Waals surface area (Å²) in [5, 5.41) is 22.4. The first-order chi connectivity index (χ1) is 12.8. The van der Waals surface area contributed by atoms with Crippen LogP contribution in [0.5, 0.6) is 0 Å². The highest BCUT2D eigenvalue weighted by atomic mass is 127. The van der Waals surface area contributed by atoms with E-state index in [2.05, 4.69) is 5.32 Å². The average Bonchev–Trinajstić information content (AvgIpc) is 3.18. The normalized spacial score (nSPS) is 16.2. The number of aliphatic hydroxyl groups excluding tert-OH is 1. The van der Waals surface area contributed by atoms with E-state index in [0.717, 1.165) is 9.32 Å². The van der Waals surface area contributed by atoms with Gasteiger partial charge >= 0.3 is 5.97 Å². The van der Waals surface area contributed by atoms with Gasteiger partial charge in [0.1, 0.15) is 0 Å². The molecule has 144 valence electrons. The van der Waals surface area contributed by atoms with Gasteiger partial charge in [0.05, 0.1) is 22.0 Å². The number of nitrogens with zero attached hydrogens (tertiary/aromatic N) is 1. The van der Waals surface area contributed by atoms with E-state index >= 15 is 0 Å². The van der Waals surface area contributed by atoms with E-state index in [-0.39, 0.29) is 16.1 Å². The predicted molar refractivity (Wildman–Crippen MR) is 112 cm³/mol. The highest BCUT2D eigenvalue weighted by Gasteiger charge is 2.27. The Balaban J connectivity index is 1.79. The maximum Gasteiger partial charge on any atom is 0.337 e. The van der Waals surface area contributed by atoms with Gasteiger partial charge in [0.2, 0.25) is 10.0 Å². The van der Waals surface area contributed by atoms with Gasteiger partial charge < -0.3 is 15.5 Å². The number of thioether (sulfide) groups is 1. The third-order valence-corrected chi connectivity index (χ3v) is 7.72. The molecule has 1 aliphatic heterocycles. The maximum absolute atomic E-state index is 12.5. The zero-order valence-corrected chi connectivity index (χ0v) is 17.8. The Hall–Kier alpha value is -1.34. The van der Waals surface area contributed by atoms with Crippen molar-refractivity contribution in [2.45, 2.75) is 11.1 Å². The van der Waals surface area contributed by atoms with Crippen LogP contribution in [0, 0.1) is 3.57 Å². The summed E-state index contributed by atoms with van der Waals surface area (Å²) in [5.41, 5.74) is 0.757. The summed E-state index contributed by atoms with van der Waals surface area (Å²) in [6.45, 7) is 0.490. The van der Waals surface area contributed by atoms with E-state index in [1.165, 1.54) is 34.6 Å². The van der Waals surface area contributed by atoms with Crippen molar-refractivity contribution in [1.29, 1.82) is 0 Å². The molecule has 1 atom stereocenters. The molecule has 2 aromatic rings. The van der Waals surface area contributed by atoms with E-state index in [9.17, 15) is 23.4 Å². The summed E-state index contributed by atoms with van der Waals surface area (Å²) in [6.07, 6.45) is -1.18. The SMILES string of the molecule is O=C(O)c1cc(I)ccc1NC(O)c1ccc(S(=O)(=O)N2CCSC2)cc1. The van der Waals surface area contributed by atoms with Crippen LogP contribution in [0.3, 0.4) is 0 Å². The number of benzene rings is 2. The highest BCUT2D eigenvalue weighted by molar-refractivity contribution is 14.1. The largest absolute Gasteiger partial charge is 0.478 e. The second kappa shape index (κ2) is 8.35. The lowest BCUT2D eigenvalue weighted by atomic mass is 10.1. The lowest BCUT2D eigenvalue weighted by Gasteiger charge is -2.18. The Kier molecular flexibility index (Phi) is 6.31. The molecule has 0 radical (unpaired) electrons. The number of nitrogens with one attached hydrogen (secondary N) is 1. The number of sulfonamides is 1. The molecule has 3 rings (SSSR count). The fourth-order valence-corrected chi connectivity index (χ4v) is 5.91. The topological polar surface area (TPSA) is 107 Å². The number of hydrogen-bond donors (Lipinski definition) is 3. The first-order valence-corrected chi connectivity index (χ1v) is 11.6. The molecule has 1 heterocycles. The van der Waals surface area contributed by atoms with Crippen LogP contribution < -0.4 is 5.32 Å². The van der Waals surface area contributed by atoms with Gasteiger partial charge in [-0.2, -0.15) is 4.31 Å². The summed E-state index contributed by atoms with van der Waals surface area (Å²) in [5.74, 6) is 0.120. The molecular formula is C17H17IN2O5S2. The Bertz CT molecular complexity index is 944. The Morgan fingerprint density at radius 2 is 1.93 bits per heavy atom. The van der Waals surface area contributed by atoms with Crippen LogP contribution in [0.4, 0.5) is 5.69 Å². The van der Waals surface area contributed by atoms with Crippen LogP contribution in [0.2, 0.25) is 0 Å². The third-order valence-electron chi connectivity index (χ3n) is 4.06. The zero-order chi connectivity index (χ0) is 19.6. The third kappa shape index (κ3) is 4.57. The molecular weight excluding hydrogens is 503 g/mol. The van der Waals surface area contributed by atoms with Gasteiger partial charge in [-0.05, 0) is 52.9 Å². The fraction of sp³-hybridized carbons (Fsp3) is 0.235. The number of carboxylic acids is 1. The van der Waals surface area contributed by atoms with Gasteiger partial charge in [0.25, 0.3) is 0 Å². The predicted octanol–water partition coefficient (Wildman–Crippen LogP) is 2.79. The molecule has 3 N–H and O–H groups in total. The minimum Gasteiger partial charge on any atom is -0.478 e. The first-order valence-electron chi connectivity index (χ1n) is 7.94. The Morgan fingerprint density at radius 3 is 2.52 bits per heavy atom. The van der Waals surface area contributed by atoms with Gasteiger partial charge in [-0.25, -0.2) is 13.2 Å². The Morgan fingerprint density at radius 1 is 1.22 bits per heavy atom. The van der Waals surface area contributed by atoms with Crippen LogP contribution in [-0.2, 0) is 10.0 Å². The molecule has 27 heavy (non-hydrogen) atoms. The standard InChI is InChI=1S/C17H17IN2O5S2/c18-12-3-6-15(14(9-12)17(22)23)19-16(21)11-1-4-13(5-2-11)27(24,25)20-7-8-26-10-20/h1-6,9,16,19,21H,7-8,10H2,(H,22,23). The van der Waals surface area contributed by atoms with Crippen molar-refractivity contribution in [1.82, 2.24) is 4.31 Å². The lowest BCUT2D eigenvalue weighted by molar-refractivity contribution is 0.0697. The van der Waals surface area contributed by atoms with E-state index in [1.807, 2.05) is 22.6 Å². The number of carboxylic acid groups (broad SMARTS) is 1. The number of aromatic carboxylic acids is 1. The molecule has 2 aromatic carbocycles. The lowest BCUT2D eigenvalue weighted by Crippen LogP contribution is -2.28. The van der Waals surface area contributed by atoms with Gasteiger partial charge in [0, 0.05) is 21.4 Å². The summed E-state index contributed by atoms with van der Waals surface area (Å²) in [6, 6.07) is 10.7. The van der Waals surface area contributed by atoms with Gasteiger partial charge in [0.15, 0.2) is 6.23 Å². The van der Waals surface area contributed by atoms with Crippen LogP contribution >= 0.6 is 34.4 Å². The number of anilines is 1.